The molecule has 2 aromatic rings. The summed E-state index contributed by atoms with van der Waals surface area (Å²) in [5.41, 5.74) is 1.52. The molecule has 0 aromatic heterocycles. The number of aliphatic imine (C=N–C) groups is 1. The summed E-state index contributed by atoms with van der Waals surface area (Å²) in [6.45, 7) is 1.45. The van der Waals surface area contributed by atoms with E-state index in [1.807, 2.05) is 12.1 Å². The van der Waals surface area contributed by atoms with Crippen molar-refractivity contribution < 1.29 is 19.4 Å². The molecule has 1 N–H and O–H groups in total. The molecule has 23 heavy (non-hydrogen) atoms. The van der Waals surface area contributed by atoms with Crippen molar-refractivity contribution in [1.82, 2.24) is 0 Å². The molecule has 0 fully saturated rings. The minimum absolute atomic E-state index is 0.363. The Balaban J connectivity index is 2.20. The second kappa shape index (κ2) is 7.65. The van der Waals surface area contributed by atoms with Gasteiger partial charge in [0.2, 0.25) is 0 Å². The standard InChI is InChI=1S/C17H16ClNO4/c1-11(17(20)21)23-15-7-6-12(8-16(15)22-2)10-19-14-5-3-4-13(18)9-14/h3-11H,1-2H3,(H,20,21)/t11-/m0/s1. The van der Waals surface area contributed by atoms with Gasteiger partial charge in [0.1, 0.15) is 0 Å². The summed E-state index contributed by atoms with van der Waals surface area (Å²) in [5, 5.41) is 9.51. The maximum atomic E-state index is 10.9. The van der Waals surface area contributed by atoms with E-state index in [-0.39, 0.29) is 0 Å². The molecule has 0 bridgehead atoms. The number of rotatable bonds is 6. The Morgan fingerprint density at radius 2 is 2.04 bits per heavy atom. The lowest BCUT2D eigenvalue weighted by atomic mass is 10.2. The Morgan fingerprint density at radius 1 is 1.26 bits per heavy atom. The summed E-state index contributed by atoms with van der Waals surface area (Å²) in [4.78, 5) is 15.2. The normalized spacial score (nSPS) is 12.1. The molecule has 0 aliphatic heterocycles. The molecule has 0 spiro atoms. The van der Waals surface area contributed by atoms with Crippen LogP contribution in [0.1, 0.15) is 12.5 Å². The Morgan fingerprint density at radius 3 is 2.70 bits per heavy atom. The number of halogens is 1. The third kappa shape index (κ3) is 4.72. The van der Waals surface area contributed by atoms with Crippen LogP contribution in [0.25, 0.3) is 0 Å². The number of carboxylic acid groups (broad SMARTS) is 1. The van der Waals surface area contributed by atoms with Gasteiger partial charge >= 0.3 is 5.97 Å². The van der Waals surface area contributed by atoms with E-state index in [0.717, 1.165) is 11.3 Å². The van der Waals surface area contributed by atoms with Crippen LogP contribution in [0.5, 0.6) is 11.5 Å². The first-order valence-corrected chi connectivity index (χ1v) is 7.24. The van der Waals surface area contributed by atoms with E-state index in [1.165, 1.54) is 14.0 Å². The zero-order valence-electron chi connectivity index (χ0n) is 12.7. The van der Waals surface area contributed by atoms with Gasteiger partial charge in [-0.05, 0) is 48.9 Å². The summed E-state index contributed by atoms with van der Waals surface area (Å²) in [6.07, 6.45) is 0.702. The quantitative estimate of drug-likeness (QED) is 0.813. The SMILES string of the molecule is COc1cc(C=Nc2cccc(Cl)c2)ccc1O[C@@H](C)C(=O)O. The van der Waals surface area contributed by atoms with Crippen LogP contribution < -0.4 is 9.47 Å². The number of carboxylic acids is 1. The lowest BCUT2D eigenvalue weighted by molar-refractivity contribution is -0.144. The molecule has 120 valence electrons. The summed E-state index contributed by atoms with van der Waals surface area (Å²) >= 11 is 5.91. The molecule has 0 saturated carbocycles. The predicted octanol–water partition coefficient (Wildman–Crippen LogP) is 3.95. The van der Waals surface area contributed by atoms with Crippen molar-refractivity contribution in [3.05, 3.63) is 53.1 Å². The van der Waals surface area contributed by atoms with Crippen LogP contribution in [0.3, 0.4) is 0 Å². The molecule has 0 aliphatic carbocycles. The van der Waals surface area contributed by atoms with E-state index in [2.05, 4.69) is 4.99 Å². The fraction of sp³-hybridized carbons (Fsp3) is 0.176. The number of methoxy groups -OCH3 is 1. The van der Waals surface area contributed by atoms with E-state index < -0.39 is 12.1 Å². The number of nitrogens with zero attached hydrogens (tertiary/aromatic N) is 1. The summed E-state index contributed by atoms with van der Waals surface area (Å²) in [6, 6.07) is 12.3. The number of hydrogen-bond acceptors (Lipinski definition) is 4. The van der Waals surface area contributed by atoms with Crippen molar-refractivity contribution in [2.45, 2.75) is 13.0 Å². The van der Waals surface area contributed by atoms with E-state index in [9.17, 15) is 4.79 Å². The Hall–Kier alpha value is -2.53. The second-order valence-electron chi connectivity index (χ2n) is 4.75. The van der Waals surface area contributed by atoms with Gasteiger partial charge in [-0.25, -0.2) is 4.79 Å². The van der Waals surface area contributed by atoms with Crippen LogP contribution >= 0.6 is 11.6 Å². The lowest BCUT2D eigenvalue weighted by Crippen LogP contribution is -2.23. The average molecular weight is 334 g/mol. The van der Waals surface area contributed by atoms with Gasteiger partial charge in [0.05, 0.1) is 12.8 Å². The first kappa shape index (κ1) is 16.8. The van der Waals surface area contributed by atoms with Crippen LogP contribution in [0, 0.1) is 0 Å². The van der Waals surface area contributed by atoms with Gasteiger partial charge in [0.25, 0.3) is 0 Å². The Labute approximate surface area is 139 Å². The van der Waals surface area contributed by atoms with Crippen molar-refractivity contribution in [3.8, 4) is 11.5 Å². The Bertz CT molecular complexity index is 730. The average Bonchev–Trinajstić information content (AvgIpc) is 2.53. The van der Waals surface area contributed by atoms with Gasteiger partial charge in [-0.2, -0.15) is 0 Å². The molecule has 0 unspecified atom stereocenters. The second-order valence-corrected chi connectivity index (χ2v) is 5.18. The number of ether oxygens (including phenoxy) is 2. The molecule has 2 aromatic carbocycles. The number of carbonyl (C=O) groups is 1. The van der Waals surface area contributed by atoms with Gasteiger partial charge in [-0.15, -0.1) is 0 Å². The third-order valence-corrected chi connectivity index (χ3v) is 3.25. The number of benzene rings is 2. The molecule has 5 nitrogen and oxygen atoms in total. The summed E-state index contributed by atoms with van der Waals surface area (Å²) in [5.74, 6) is -0.242. The molecule has 0 amide bonds. The van der Waals surface area contributed by atoms with Gasteiger partial charge in [-0.3, -0.25) is 4.99 Å². The van der Waals surface area contributed by atoms with Gasteiger partial charge in [-0.1, -0.05) is 17.7 Å². The van der Waals surface area contributed by atoms with Crippen LogP contribution in [0.15, 0.2) is 47.5 Å². The maximum absolute atomic E-state index is 10.9. The van der Waals surface area contributed by atoms with Gasteiger partial charge in [0.15, 0.2) is 17.6 Å². The number of aliphatic carboxylic acids is 1. The molecular formula is C17H16ClNO4. The van der Waals surface area contributed by atoms with Crippen molar-refractivity contribution in [2.75, 3.05) is 7.11 Å². The molecule has 0 saturated heterocycles. The van der Waals surface area contributed by atoms with Gasteiger partial charge in [0, 0.05) is 11.2 Å². The van der Waals surface area contributed by atoms with Crippen LogP contribution in [-0.4, -0.2) is 30.5 Å². The van der Waals surface area contributed by atoms with Crippen LogP contribution in [0.2, 0.25) is 5.02 Å². The smallest absolute Gasteiger partial charge is 0.344 e. The van der Waals surface area contributed by atoms with Gasteiger partial charge < -0.3 is 14.6 Å². The molecule has 0 aliphatic rings. The molecule has 0 radical (unpaired) electrons. The predicted molar refractivity (Wildman–Crippen MR) is 89.4 cm³/mol. The fourth-order valence-electron chi connectivity index (χ4n) is 1.81. The van der Waals surface area contributed by atoms with E-state index in [0.29, 0.717) is 16.5 Å². The van der Waals surface area contributed by atoms with E-state index in [4.69, 9.17) is 26.2 Å². The van der Waals surface area contributed by atoms with Crippen molar-refractivity contribution in [3.63, 3.8) is 0 Å². The van der Waals surface area contributed by atoms with E-state index >= 15 is 0 Å². The highest BCUT2D eigenvalue weighted by atomic mass is 35.5. The van der Waals surface area contributed by atoms with Crippen LogP contribution in [0.4, 0.5) is 5.69 Å². The molecule has 1 atom stereocenters. The minimum atomic E-state index is -1.04. The van der Waals surface area contributed by atoms with Crippen LogP contribution in [-0.2, 0) is 4.79 Å². The van der Waals surface area contributed by atoms with Crippen molar-refractivity contribution in [2.24, 2.45) is 4.99 Å². The highest BCUT2D eigenvalue weighted by Crippen LogP contribution is 2.29. The highest BCUT2D eigenvalue weighted by molar-refractivity contribution is 6.30. The first-order valence-electron chi connectivity index (χ1n) is 6.86. The molecule has 6 heteroatoms. The molecular weight excluding hydrogens is 318 g/mol. The zero-order chi connectivity index (χ0) is 16.8. The lowest BCUT2D eigenvalue weighted by Gasteiger charge is -2.14. The van der Waals surface area contributed by atoms with E-state index in [1.54, 1.807) is 36.5 Å². The zero-order valence-corrected chi connectivity index (χ0v) is 13.4. The maximum Gasteiger partial charge on any atom is 0.344 e. The largest absolute Gasteiger partial charge is 0.493 e. The first-order chi connectivity index (χ1) is 11.0. The Kier molecular flexibility index (Phi) is 5.60. The fourth-order valence-corrected chi connectivity index (χ4v) is 1.99. The summed E-state index contributed by atoms with van der Waals surface area (Å²) in [7, 11) is 1.49. The molecule has 2 rings (SSSR count). The number of hydrogen-bond donors (Lipinski definition) is 1. The highest BCUT2D eigenvalue weighted by Gasteiger charge is 2.15. The van der Waals surface area contributed by atoms with Crippen molar-refractivity contribution >= 4 is 29.5 Å². The third-order valence-electron chi connectivity index (χ3n) is 3.01. The van der Waals surface area contributed by atoms with Crippen molar-refractivity contribution in [1.29, 1.82) is 0 Å². The minimum Gasteiger partial charge on any atom is -0.493 e. The monoisotopic (exact) mass is 333 g/mol. The molecule has 0 heterocycles. The summed E-state index contributed by atoms with van der Waals surface area (Å²) < 4.78 is 10.6. The topological polar surface area (TPSA) is 68.1 Å².